The van der Waals surface area contributed by atoms with Gasteiger partial charge in [-0.2, -0.15) is 0 Å². The van der Waals surface area contributed by atoms with Gasteiger partial charge in [0.1, 0.15) is 11.6 Å². The number of halogens is 1. The molecule has 0 bridgehead atoms. The monoisotopic (exact) mass is 355 g/mol. The van der Waals surface area contributed by atoms with E-state index in [1.807, 2.05) is 0 Å². The van der Waals surface area contributed by atoms with Crippen LogP contribution in [0.25, 0.3) is 22.0 Å². The number of carbonyl (C=O) groups excluding carboxylic acids is 1. The molecule has 1 amide bonds. The van der Waals surface area contributed by atoms with Crippen LogP contribution in [-0.4, -0.2) is 20.4 Å². The van der Waals surface area contributed by atoms with Crippen LogP contribution in [0.5, 0.6) is 0 Å². The van der Waals surface area contributed by atoms with Gasteiger partial charge in [0.05, 0.1) is 11.7 Å². The molecule has 0 atom stereocenters. The molecule has 0 aromatic carbocycles. The molecule has 0 radical (unpaired) electrons. The number of aromatic nitrogens is 3. The fourth-order valence-electron chi connectivity index (χ4n) is 2.81. The molecule has 0 unspecified atom stereocenters. The fourth-order valence-corrected chi connectivity index (χ4v) is 2.81. The highest BCUT2D eigenvalue weighted by molar-refractivity contribution is 5.95. The third-order valence-corrected chi connectivity index (χ3v) is 4.53. The topological polar surface area (TPSA) is 76.9 Å². The average Bonchev–Trinajstić information content (AvgIpc) is 3.48. The SMILES string of the molecule is [2H]C([2H])([2H])n1c(=O)c(-c2cncc(F)c2C)cc2cnc(NC(=O)C3CC3)cc21. The number of rotatable bonds is 3. The molecule has 0 spiro atoms. The van der Waals surface area contributed by atoms with Crippen molar-refractivity contribution in [3.8, 4) is 11.1 Å². The van der Waals surface area contributed by atoms with Crippen LogP contribution in [0.15, 0.2) is 35.5 Å². The van der Waals surface area contributed by atoms with E-state index >= 15 is 0 Å². The quantitative estimate of drug-likeness (QED) is 0.784. The largest absolute Gasteiger partial charge is 0.311 e. The first kappa shape index (κ1) is 13.2. The number of carbonyl (C=O) groups is 1. The smallest absolute Gasteiger partial charge is 0.258 e. The van der Waals surface area contributed by atoms with Crippen molar-refractivity contribution >= 4 is 22.6 Å². The molecule has 4 rings (SSSR count). The van der Waals surface area contributed by atoms with E-state index in [9.17, 15) is 14.0 Å². The lowest BCUT2D eigenvalue weighted by atomic mass is 10.0. The molecule has 26 heavy (non-hydrogen) atoms. The van der Waals surface area contributed by atoms with Crippen LogP contribution in [0.4, 0.5) is 10.2 Å². The van der Waals surface area contributed by atoms with Gasteiger partial charge in [0.25, 0.3) is 5.56 Å². The number of fused-ring (bicyclic) bond motifs is 1. The Hall–Kier alpha value is -3.09. The van der Waals surface area contributed by atoms with Gasteiger partial charge < -0.3 is 9.88 Å². The summed E-state index contributed by atoms with van der Waals surface area (Å²) in [5.41, 5.74) is -0.300. The van der Waals surface area contributed by atoms with Gasteiger partial charge in [-0.25, -0.2) is 9.37 Å². The van der Waals surface area contributed by atoms with Crippen LogP contribution in [-0.2, 0) is 11.8 Å². The van der Waals surface area contributed by atoms with Gasteiger partial charge in [-0.3, -0.25) is 14.6 Å². The molecular weight excluding hydrogens is 335 g/mol. The first-order valence-electron chi connectivity index (χ1n) is 9.64. The number of amides is 1. The first-order valence-corrected chi connectivity index (χ1v) is 8.14. The summed E-state index contributed by atoms with van der Waals surface area (Å²) in [6.45, 7) is -1.30. The summed E-state index contributed by atoms with van der Waals surface area (Å²) in [5, 5.41) is 3.01. The van der Waals surface area contributed by atoms with Gasteiger partial charge in [-0.05, 0) is 31.4 Å². The van der Waals surface area contributed by atoms with Crippen molar-refractivity contribution in [1.29, 1.82) is 0 Å². The minimum atomic E-state index is -2.79. The minimum absolute atomic E-state index is 0.00897. The third kappa shape index (κ3) is 2.75. The summed E-state index contributed by atoms with van der Waals surface area (Å²) < 4.78 is 38.1. The standard InChI is InChI=1S/C19H17FN4O2/c1-10-14(8-21-9-15(10)20)13-5-12-7-22-17(23-18(25)11-3-4-11)6-16(12)24(2)19(13)26/h5-9,11H,3-4H2,1-2H3,(H,22,23,25)/i2D3. The predicted octanol–water partition coefficient (Wildman–Crippen LogP) is 2.79. The molecule has 0 saturated heterocycles. The van der Waals surface area contributed by atoms with Gasteiger partial charge in [-0.1, -0.05) is 0 Å². The lowest BCUT2D eigenvalue weighted by molar-refractivity contribution is -0.117. The average molecular weight is 355 g/mol. The van der Waals surface area contributed by atoms with E-state index < -0.39 is 18.4 Å². The number of hydrogen-bond donors (Lipinski definition) is 1. The minimum Gasteiger partial charge on any atom is -0.311 e. The molecular formula is C19H17FN4O2. The highest BCUT2D eigenvalue weighted by Gasteiger charge is 2.29. The Morgan fingerprint density at radius 3 is 2.85 bits per heavy atom. The number of nitrogens with one attached hydrogen (secondary N) is 1. The van der Waals surface area contributed by atoms with Crippen molar-refractivity contribution in [1.82, 2.24) is 14.5 Å². The van der Waals surface area contributed by atoms with Gasteiger partial charge in [0.15, 0.2) is 0 Å². The summed E-state index contributed by atoms with van der Waals surface area (Å²) in [6, 6.07) is 2.83. The Kier molecular flexibility index (Phi) is 3.04. The molecule has 1 N–H and O–H groups in total. The van der Waals surface area contributed by atoms with Crippen LogP contribution in [0.3, 0.4) is 0 Å². The summed E-state index contributed by atoms with van der Waals surface area (Å²) in [7, 11) is 0. The van der Waals surface area contributed by atoms with Crippen LogP contribution in [0.2, 0.25) is 0 Å². The maximum Gasteiger partial charge on any atom is 0.258 e. The van der Waals surface area contributed by atoms with Gasteiger partial charge in [-0.15, -0.1) is 0 Å². The highest BCUT2D eigenvalue weighted by atomic mass is 19.1. The van der Waals surface area contributed by atoms with Crippen molar-refractivity contribution < 1.29 is 13.3 Å². The van der Waals surface area contributed by atoms with E-state index in [-0.39, 0.29) is 39.9 Å². The Labute approximate surface area is 152 Å². The van der Waals surface area contributed by atoms with E-state index in [0.717, 1.165) is 19.0 Å². The van der Waals surface area contributed by atoms with Crippen molar-refractivity contribution in [2.75, 3.05) is 5.32 Å². The second-order valence-electron chi connectivity index (χ2n) is 6.38. The predicted molar refractivity (Wildman–Crippen MR) is 96.3 cm³/mol. The zero-order chi connectivity index (χ0) is 20.9. The fraction of sp³-hybridized carbons (Fsp3) is 0.263. The Morgan fingerprint density at radius 1 is 1.31 bits per heavy atom. The van der Waals surface area contributed by atoms with Crippen LogP contribution < -0.4 is 10.9 Å². The molecule has 0 aliphatic heterocycles. The molecule has 1 aliphatic rings. The van der Waals surface area contributed by atoms with Crippen molar-refractivity contribution in [2.45, 2.75) is 19.8 Å². The molecule has 3 heterocycles. The maximum atomic E-state index is 14.0. The van der Waals surface area contributed by atoms with E-state index in [2.05, 4.69) is 15.3 Å². The summed E-state index contributed by atoms with van der Waals surface area (Å²) in [6.07, 6.45) is 5.35. The molecule has 1 saturated carbocycles. The van der Waals surface area contributed by atoms with Crippen molar-refractivity contribution in [2.24, 2.45) is 12.9 Å². The van der Waals surface area contributed by atoms with E-state index in [1.54, 1.807) is 0 Å². The number of aryl methyl sites for hydroxylation is 1. The second-order valence-corrected chi connectivity index (χ2v) is 6.38. The Morgan fingerprint density at radius 2 is 2.12 bits per heavy atom. The number of nitrogens with zero attached hydrogens (tertiary/aromatic N) is 3. The molecule has 3 aromatic rings. The summed E-state index contributed by atoms with van der Waals surface area (Å²) in [5.74, 6) is -0.664. The molecule has 1 aliphatic carbocycles. The van der Waals surface area contributed by atoms with E-state index in [1.165, 1.54) is 31.5 Å². The number of hydrogen-bond acceptors (Lipinski definition) is 4. The summed E-state index contributed by atoms with van der Waals surface area (Å²) >= 11 is 0. The summed E-state index contributed by atoms with van der Waals surface area (Å²) in [4.78, 5) is 33.0. The zero-order valence-corrected chi connectivity index (χ0v) is 13.9. The highest BCUT2D eigenvalue weighted by Crippen LogP contribution is 2.30. The second kappa shape index (κ2) is 6.01. The molecule has 3 aromatic heterocycles. The van der Waals surface area contributed by atoms with Crippen LogP contribution >= 0.6 is 0 Å². The van der Waals surface area contributed by atoms with Gasteiger partial charge in [0.2, 0.25) is 5.91 Å². The Bertz CT molecular complexity index is 1200. The van der Waals surface area contributed by atoms with Gasteiger partial charge >= 0.3 is 0 Å². The Balaban J connectivity index is 1.94. The zero-order valence-electron chi connectivity index (χ0n) is 16.9. The van der Waals surface area contributed by atoms with Crippen molar-refractivity contribution in [3.63, 3.8) is 0 Å². The molecule has 7 heteroatoms. The number of anilines is 1. The van der Waals surface area contributed by atoms with Gasteiger partial charge in [0, 0.05) is 52.0 Å². The molecule has 1 fully saturated rings. The lowest BCUT2D eigenvalue weighted by Gasteiger charge is -2.12. The number of pyridine rings is 3. The first-order chi connectivity index (χ1) is 13.7. The molecule has 6 nitrogen and oxygen atoms in total. The normalized spacial score (nSPS) is 16.0. The third-order valence-electron chi connectivity index (χ3n) is 4.53. The van der Waals surface area contributed by atoms with E-state index in [4.69, 9.17) is 4.11 Å². The van der Waals surface area contributed by atoms with Crippen LogP contribution in [0.1, 0.15) is 22.5 Å². The lowest BCUT2D eigenvalue weighted by Crippen LogP contribution is -2.20. The van der Waals surface area contributed by atoms with E-state index in [0.29, 0.717) is 9.95 Å². The van der Waals surface area contributed by atoms with Crippen LogP contribution in [0, 0.1) is 18.7 Å². The van der Waals surface area contributed by atoms with Crippen molar-refractivity contribution in [3.05, 3.63) is 52.5 Å². The maximum absolute atomic E-state index is 14.0. The molecule has 132 valence electrons.